The van der Waals surface area contributed by atoms with Crippen molar-refractivity contribution in [1.29, 1.82) is 0 Å². The van der Waals surface area contributed by atoms with Gasteiger partial charge < -0.3 is 10.2 Å². The number of amides is 2. The third-order valence-electron chi connectivity index (χ3n) is 2.80. The number of nitrogens with zero attached hydrogens (tertiary/aromatic N) is 1. The van der Waals surface area contributed by atoms with E-state index >= 15 is 0 Å². The summed E-state index contributed by atoms with van der Waals surface area (Å²) in [6.07, 6.45) is -4.13. The van der Waals surface area contributed by atoms with E-state index < -0.39 is 24.5 Å². The molecule has 104 valence electrons. The van der Waals surface area contributed by atoms with E-state index in [1.165, 1.54) is 0 Å². The highest BCUT2D eigenvalue weighted by Crippen LogP contribution is 2.20. The number of rotatable bonds is 4. The fraction of sp³-hybridized carbons (Fsp3) is 0.818. The van der Waals surface area contributed by atoms with Crippen LogP contribution in [0.15, 0.2) is 0 Å². The van der Waals surface area contributed by atoms with Crippen LogP contribution < -0.4 is 5.32 Å². The fourth-order valence-corrected chi connectivity index (χ4v) is 1.86. The molecule has 1 atom stereocenters. The van der Waals surface area contributed by atoms with E-state index in [4.69, 9.17) is 0 Å². The largest absolute Gasteiger partial charge is 0.390 e. The lowest BCUT2D eigenvalue weighted by Crippen LogP contribution is -2.45. The first-order valence-corrected chi connectivity index (χ1v) is 5.98. The van der Waals surface area contributed by atoms with Gasteiger partial charge in [0.1, 0.15) is 6.04 Å². The molecule has 1 aliphatic rings. The van der Waals surface area contributed by atoms with Gasteiger partial charge in [-0.2, -0.15) is 13.2 Å². The molecule has 0 aromatic rings. The minimum Gasteiger partial charge on any atom is -0.344 e. The highest BCUT2D eigenvalue weighted by molar-refractivity contribution is 5.89. The van der Waals surface area contributed by atoms with Gasteiger partial charge in [0.25, 0.3) is 0 Å². The van der Waals surface area contributed by atoms with E-state index in [9.17, 15) is 22.8 Å². The van der Waals surface area contributed by atoms with Crippen LogP contribution in [0.5, 0.6) is 0 Å². The lowest BCUT2D eigenvalue weighted by molar-refractivity contribution is -0.146. The zero-order valence-corrected chi connectivity index (χ0v) is 10.2. The highest BCUT2D eigenvalue weighted by Gasteiger charge is 2.33. The number of nitrogens with one attached hydrogen (secondary N) is 1. The highest BCUT2D eigenvalue weighted by atomic mass is 19.4. The summed E-state index contributed by atoms with van der Waals surface area (Å²) in [5.41, 5.74) is 0. The molecule has 0 saturated carbocycles. The second-order valence-corrected chi connectivity index (χ2v) is 4.35. The molecule has 1 unspecified atom stereocenters. The van der Waals surface area contributed by atoms with Crippen LogP contribution in [0.2, 0.25) is 0 Å². The smallest absolute Gasteiger partial charge is 0.344 e. The lowest BCUT2D eigenvalue weighted by Gasteiger charge is -2.24. The Balaban J connectivity index is 2.65. The molecule has 18 heavy (non-hydrogen) atoms. The van der Waals surface area contributed by atoms with Gasteiger partial charge in [0.2, 0.25) is 11.8 Å². The summed E-state index contributed by atoms with van der Waals surface area (Å²) in [4.78, 5) is 24.4. The molecular formula is C11H17F3N2O2. The normalized spacial score (nSPS) is 21.8. The van der Waals surface area contributed by atoms with Crippen molar-refractivity contribution in [3.8, 4) is 0 Å². The SMILES string of the molecule is CCCC1NC(=O)CCN(CCC(F)(F)F)C1=O. The molecule has 4 nitrogen and oxygen atoms in total. The zero-order valence-electron chi connectivity index (χ0n) is 10.2. The Morgan fingerprint density at radius 3 is 2.61 bits per heavy atom. The number of halogens is 3. The number of hydrogen-bond donors (Lipinski definition) is 1. The van der Waals surface area contributed by atoms with Crippen LogP contribution in [-0.4, -0.2) is 42.0 Å². The van der Waals surface area contributed by atoms with Crippen molar-refractivity contribution >= 4 is 11.8 Å². The van der Waals surface area contributed by atoms with Crippen molar-refractivity contribution in [2.75, 3.05) is 13.1 Å². The van der Waals surface area contributed by atoms with Crippen molar-refractivity contribution in [3.63, 3.8) is 0 Å². The summed E-state index contributed by atoms with van der Waals surface area (Å²) in [5, 5.41) is 2.55. The van der Waals surface area contributed by atoms with Gasteiger partial charge in [0, 0.05) is 19.5 Å². The predicted molar refractivity (Wildman–Crippen MR) is 58.7 cm³/mol. The molecule has 1 saturated heterocycles. The average molecular weight is 266 g/mol. The maximum atomic E-state index is 12.1. The second-order valence-electron chi connectivity index (χ2n) is 4.35. The van der Waals surface area contributed by atoms with E-state index in [1.807, 2.05) is 6.92 Å². The Morgan fingerprint density at radius 2 is 2.06 bits per heavy atom. The number of alkyl halides is 3. The molecule has 0 spiro atoms. The van der Waals surface area contributed by atoms with E-state index in [1.54, 1.807) is 0 Å². The quantitative estimate of drug-likeness (QED) is 0.837. The second kappa shape index (κ2) is 6.06. The maximum Gasteiger partial charge on any atom is 0.390 e. The van der Waals surface area contributed by atoms with E-state index in [-0.39, 0.29) is 25.4 Å². The molecule has 0 radical (unpaired) electrons. The Hall–Kier alpha value is -1.27. The van der Waals surface area contributed by atoms with Crippen molar-refractivity contribution in [2.24, 2.45) is 0 Å². The zero-order chi connectivity index (χ0) is 13.8. The molecule has 0 aromatic heterocycles. The first-order valence-electron chi connectivity index (χ1n) is 5.98. The summed E-state index contributed by atoms with van der Waals surface area (Å²) in [6.45, 7) is 1.53. The molecule has 7 heteroatoms. The van der Waals surface area contributed by atoms with Crippen molar-refractivity contribution in [1.82, 2.24) is 10.2 Å². The average Bonchev–Trinajstić information content (AvgIpc) is 2.38. The van der Waals surface area contributed by atoms with Gasteiger partial charge in [-0.1, -0.05) is 13.3 Å². The van der Waals surface area contributed by atoms with Crippen LogP contribution in [0.3, 0.4) is 0 Å². The van der Waals surface area contributed by atoms with Crippen LogP contribution in [0, 0.1) is 0 Å². The van der Waals surface area contributed by atoms with Gasteiger partial charge in [-0.15, -0.1) is 0 Å². The fourth-order valence-electron chi connectivity index (χ4n) is 1.86. The summed E-state index contributed by atoms with van der Waals surface area (Å²) in [5.74, 6) is -0.691. The van der Waals surface area contributed by atoms with Gasteiger partial charge in [0.05, 0.1) is 6.42 Å². The Bertz CT molecular complexity index is 318. The molecular weight excluding hydrogens is 249 g/mol. The lowest BCUT2D eigenvalue weighted by atomic mass is 10.1. The number of carbonyl (C=O) groups is 2. The topological polar surface area (TPSA) is 49.4 Å². The van der Waals surface area contributed by atoms with Gasteiger partial charge in [-0.25, -0.2) is 0 Å². The predicted octanol–water partition coefficient (Wildman–Crippen LogP) is 1.46. The van der Waals surface area contributed by atoms with Crippen LogP contribution in [0.1, 0.15) is 32.6 Å². The monoisotopic (exact) mass is 266 g/mol. The van der Waals surface area contributed by atoms with Gasteiger partial charge in [0.15, 0.2) is 0 Å². The molecule has 2 amide bonds. The summed E-state index contributed by atoms with van der Waals surface area (Å²) < 4.78 is 36.4. The minimum atomic E-state index is -4.29. The van der Waals surface area contributed by atoms with Crippen LogP contribution in [0.4, 0.5) is 13.2 Å². The maximum absolute atomic E-state index is 12.1. The van der Waals surface area contributed by atoms with Crippen molar-refractivity contribution < 1.29 is 22.8 Å². The summed E-state index contributed by atoms with van der Waals surface area (Å²) >= 11 is 0. The Labute approximate surface area is 104 Å². The Kier molecular flexibility index (Phi) is 4.98. The molecule has 1 fully saturated rings. The first-order chi connectivity index (χ1) is 8.33. The molecule has 0 aliphatic carbocycles. The minimum absolute atomic E-state index is 0.0565. The van der Waals surface area contributed by atoms with Gasteiger partial charge in [-0.05, 0) is 6.42 Å². The Morgan fingerprint density at radius 1 is 1.39 bits per heavy atom. The standard InChI is InChI=1S/C11H17F3N2O2/c1-2-3-8-10(18)16(6-4-9(17)15-8)7-5-11(12,13)14/h8H,2-7H2,1H3,(H,15,17). The van der Waals surface area contributed by atoms with E-state index in [2.05, 4.69) is 5.32 Å². The van der Waals surface area contributed by atoms with Crippen LogP contribution in [0.25, 0.3) is 0 Å². The third-order valence-corrected chi connectivity index (χ3v) is 2.80. The first kappa shape index (κ1) is 14.8. The third kappa shape index (κ3) is 4.54. The van der Waals surface area contributed by atoms with Crippen molar-refractivity contribution in [3.05, 3.63) is 0 Å². The molecule has 1 heterocycles. The number of carbonyl (C=O) groups excluding carboxylic acids is 2. The number of hydrogen-bond acceptors (Lipinski definition) is 2. The van der Waals surface area contributed by atoms with Crippen LogP contribution in [-0.2, 0) is 9.59 Å². The molecule has 1 aliphatic heterocycles. The van der Waals surface area contributed by atoms with Crippen molar-refractivity contribution in [2.45, 2.75) is 44.8 Å². The molecule has 0 bridgehead atoms. The van der Waals surface area contributed by atoms with Crippen LogP contribution >= 0.6 is 0 Å². The summed E-state index contributed by atoms with van der Waals surface area (Å²) in [7, 11) is 0. The van der Waals surface area contributed by atoms with E-state index in [0.717, 1.165) is 4.90 Å². The van der Waals surface area contributed by atoms with Gasteiger partial charge in [-0.3, -0.25) is 9.59 Å². The molecule has 0 aromatic carbocycles. The summed E-state index contributed by atoms with van der Waals surface area (Å²) in [6, 6.07) is -0.682. The van der Waals surface area contributed by atoms with Gasteiger partial charge >= 0.3 is 6.18 Å². The molecule has 1 N–H and O–H groups in total. The van der Waals surface area contributed by atoms with E-state index in [0.29, 0.717) is 12.8 Å². The molecule has 1 rings (SSSR count).